The van der Waals surface area contributed by atoms with E-state index in [1.54, 1.807) is 30.3 Å². The van der Waals surface area contributed by atoms with Crippen molar-refractivity contribution < 1.29 is 22.4 Å². The van der Waals surface area contributed by atoms with Crippen LogP contribution in [-0.4, -0.2) is 26.7 Å². The van der Waals surface area contributed by atoms with Crippen molar-refractivity contribution in [1.29, 1.82) is 0 Å². The van der Waals surface area contributed by atoms with Crippen LogP contribution in [-0.2, 0) is 34.2 Å². The first-order valence-corrected chi connectivity index (χ1v) is 12.4. The highest BCUT2D eigenvalue weighted by Crippen LogP contribution is 2.35. The molecule has 0 N–H and O–H groups in total. The zero-order chi connectivity index (χ0) is 23.2. The minimum atomic E-state index is -3.41. The van der Waals surface area contributed by atoms with Gasteiger partial charge in [-0.25, -0.2) is 18.0 Å². The third kappa shape index (κ3) is 4.12. The number of hydrogen-bond acceptors (Lipinski definition) is 6. The first-order valence-electron chi connectivity index (χ1n) is 10.1. The highest BCUT2D eigenvalue weighted by atomic mass is 35.5. The number of sulfonamides is 1. The summed E-state index contributed by atoms with van der Waals surface area (Å²) in [4.78, 5) is 24.7. The van der Waals surface area contributed by atoms with Crippen molar-refractivity contribution in [2.75, 3.05) is 10.6 Å². The number of rotatable bonds is 5. The van der Waals surface area contributed by atoms with Crippen LogP contribution in [0.25, 0.3) is 11.0 Å². The molecule has 1 aliphatic rings. The van der Waals surface area contributed by atoms with E-state index in [2.05, 4.69) is 0 Å². The van der Waals surface area contributed by atoms with Crippen LogP contribution in [0.2, 0.25) is 5.02 Å². The van der Waals surface area contributed by atoms with Crippen molar-refractivity contribution in [3.05, 3.63) is 74.1 Å². The number of nitrogens with zero attached hydrogens (tertiary/aromatic N) is 1. The molecule has 7 nitrogen and oxygen atoms in total. The van der Waals surface area contributed by atoms with Gasteiger partial charge in [-0.3, -0.25) is 4.31 Å². The van der Waals surface area contributed by atoms with E-state index in [-0.39, 0.29) is 12.6 Å². The monoisotopic (exact) mass is 475 g/mol. The first kappa shape index (κ1) is 22.4. The highest BCUT2D eigenvalue weighted by molar-refractivity contribution is 7.92. The molecule has 0 spiro atoms. The molecular formula is C23H22ClNO6S. The van der Waals surface area contributed by atoms with Crippen LogP contribution < -0.4 is 9.93 Å². The quantitative estimate of drug-likeness (QED) is 0.407. The molecule has 168 valence electrons. The fourth-order valence-corrected chi connectivity index (χ4v) is 5.70. The van der Waals surface area contributed by atoms with Gasteiger partial charge in [0.05, 0.1) is 17.5 Å². The third-order valence-corrected chi connectivity index (χ3v) is 7.19. The van der Waals surface area contributed by atoms with Gasteiger partial charge in [0.25, 0.3) is 0 Å². The van der Waals surface area contributed by atoms with Gasteiger partial charge in [0.2, 0.25) is 10.0 Å². The molecule has 0 fully saturated rings. The van der Waals surface area contributed by atoms with Crippen LogP contribution >= 0.6 is 11.6 Å². The Morgan fingerprint density at radius 1 is 1.22 bits per heavy atom. The van der Waals surface area contributed by atoms with Crippen LogP contribution in [0.5, 0.6) is 0 Å². The van der Waals surface area contributed by atoms with Gasteiger partial charge < -0.3 is 9.15 Å². The summed E-state index contributed by atoms with van der Waals surface area (Å²) in [6, 6.07) is 9.30. The lowest BCUT2D eigenvalue weighted by atomic mass is 10.1. The molecule has 0 aliphatic carbocycles. The summed E-state index contributed by atoms with van der Waals surface area (Å²) in [5.74, 6) is -0.573. The summed E-state index contributed by atoms with van der Waals surface area (Å²) in [5.41, 5.74) is 2.84. The van der Waals surface area contributed by atoms with Crippen LogP contribution in [0.4, 0.5) is 5.69 Å². The molecule has 4 rings (SSSR count). The molecule has 1 aromatic heterocycles. The molecule has 0 radical (unpaired) electrons. The zero-order valence-electron chi connectivity index (χ0n) is 17.8. The predicted octanol–water partition coefficient (Wildman–Crippen LogP) is 4.08. The number of aryl methyl sites for hydroxylation is 1. The third-order valence-electron chi connectivity index (χ3n) is 5.56. The molecule has 0 amide bonds. The Bertz CT molecular complexity index is 1400. The van der Waals surface area contributed by atoms with Gasteiger partial charge in [-0.05, 0) is 61.2 Å². The lowest BCUT2D eigenvalue weighted by molar-refractivity contribution is 0.0473. The van der Waals surface area contributed by atoms with E-state index in [9.17, 15) is 18.0 Å². The Hall–Kier alpha value is -2.84. The van der Waals surface area contributed by atoms with Crippen molar-refractivity contribution in [2.24, 2.45) is 0 Å². The normalized spacial score (nSPS) is 15.8. The summed E-state index contributed by atoms with van der Waals surface area (Å²) < 4.78 is 36.3. The number of hydrogen-bond donors (Lipinski definition) is 0. The van der Waals surface area contributed by atoms with Crippen molar-refractivity contribution >= 4 is 44.3 Å². The van der Waals surface area contributed by atoms with Crippen LogP contribution in [0, 0.1) is 0 Å². The molecule has 1 aliphatic heterocycles. The molecule has 9 heteroatoms. The lowest BCUT2D eigenvalue weighted by Crippen LogP contribution is -2.34. The second-order valence-electron chi connectivity index (χ2n) is 7.92. The number of anilines is 1. The van der Waals surface area contributed by atoms with E-state index in [0.29, 0.717) is 45.6 Å². The van der Waals surface area contributed by atoms with Crippen molar-refractivity contribution in [1.82, 2.24) is 0 Å². The van der Waals surface area contributed by atoms with E-state index in [0.717, 1.165) is 17.4 Å². The maximum absolute atomic E-state index is 12.7. The molecule has 2 aromatic carbocycles. The average Bonchev–Trinajstić information content (AvgIpc) is 3.06. The SMILES string of the molecule is CCc1cc2oc(=O)cc(COC(=O)c3ccc4c(c3)CC(C)N4S(C)(=O)=O)c2cc1Cl. The van der Waals surface area contributed by atoms with Crippen LogP contribution in [0.1, 0.15) is 40.9 Å². The van der Waals surface area contributed by atoms with Gasteiger partial charge >= 0.3 is 11.6 Å². The second-order valence-corrected chi connectivity index (χ2v) is 10.2. The number of fused-ring (bicyclic) bond motifs is 2. The van der Waals surface area contributed by atoms with Crippen molar-refractivity contribution in [2.45, 2.75) is 39.3 Å². The van der Waals surface area contributed by atoms with Gasteiger partial charge in [-0.1, -0.05) is 18.5 Å². The fourth-order valence-electron chi connectivity index (χ4n) is 4.14. The number of carbonyl (C=O) groups excluding carboxylic acids is 1. The molecule has 1 atom stereocenters. The molecule has 1 unspecified atom stereocenters. The van der Waals surface area contributed by atoms with Gasteiger partial charge in [0, 0.05) is 28.1 Å². The topological polar surface area (TPSA) is 93.9 Å². The number of carbonyl (C=O) groups is 1. The second kappa shape index (κ2) is 8.26. The van der Waals surface area contributed by atoms with E-state index >= 15 is 0 Å². The van der Waals surface area contributed by atoms with Gasteiger partial charge in [0.1, 0.15) is 12.2 Å². The Morgan fingerprint density at radius 3 is 2.66 bits per heavy atom. The molecule has 3 aromatic rings. The first-order chi connectivity index (χ1) is 15.1. The number of esters is 1. The highest BCUT2D eigenvalue weighted by Gasteiger charge is 2.33. The fraction of sp³-hybridized carbons (Fsp3) is 0.304. The summed E-state index contributed by atoms with van der Waals surface area (Å²) in [6.45, 7) is 3.63. The Balaban J connectivity index is 1.59. The Kier molecular flexibility index (Phi) is 5.77. The molecule has 2 heterocycles. The number of benzene rings is 2. The van der Waals surface area contributed by atoms with E-state index in [1.165, 1.54) is 10.4 Å². The van der Waals surface area contributed by atoms with Crippen LogP contribution in [0.15, 0.2) is 45.6 Å². The number of halogens is 1. The maximum atomic E-state index is 12.7. The Morgan fingerprint density at radius 2 is 1.97 bits per heavy atom. The molecular weight excluding hydrogens is 454 g/mol. The van der Waals surface area contributed by atoms with Gasteiger partial charge in [-0.15, -0.1) is 0 Å². The molecule has 0 saturated heterocycles. The summed E-state index contributed by atoms with van der Waals surface area (Å²) in [5, 5.41) is 1.15. The minimum absolute atomic E-state index is 0.133. The van der Waals surface area contributed by atoms with E-state index < -0.39 is 21.6 Å². The minimum Gasteiger partial charge on any atom is -0.457 e. The number of ether oxygens (including phenoxy) is 1. The van der Waals surface area contributed by atoms with E-state index in [1.807, 2.05) is 13.8 Å². The summed E-state index contributed by atoms with van der Waals surface area (Å²) in [7, 11) is -3.41. The predicted molar refractivity (Wildman–Crippen MR) is 123 cm³/mol. The standard InChI is InChI=1S/C23H22ClNO6S/c1-4-14-9-21-18(11-19(14)24)17(10-22(26)31-21)12-30-23(27)15-5-6-20-16(8-15)7-13(2)25(20)32(3,28)29/h5-6,8-11,13H,4,7,12H2,1-3H3. The van der Waals surface area contributed by atoms with Gasteiger partial charge in [-0.2, -0.15) is 0 Å². The summed E-state index contributed by atoms with van der Waals surface area (Å²) >= 11 is 6.31. The average molecular weight is 476 g/mol. The van der Waals surface area contributed by atoms with Crippen molar-refractivity contribution in [3.63, 3.8) is 0 Å². The zero-order valence-corrected chi connectivity index (χ0v) is 19.4. The maximum Gasteiger partial charge on any atom is 0.338 e. The molecule has 32 heavy (non-hydrogen) atoms. The summed E-state index contributed by atoms with van der Waals surface area (Å²) in [6.07, 6.45) is 2.36. The molecule has 0 bridgehead atoms. The smallest absolute Gasteiger partial charge is 0.338 e. The largest absolute Gasteiger partial charge is 0.457 e. The van der Waals surface area contributed by atoms with Gasteiger partial charge in [0.15, 0.2) is 0 Å². The molecule has 0 saturated carbocycles. The lowest BCUT2D eigenvalue weighted by Gasteiger charge is -2.21. The van der Waals surface area contributed by atoms with Crippen LogP contribution in [0.3, 0.4) is 0 Å². The van der Waals surface area contributed by atoms with Crippen molar-refractivity contribution in [3.8, 4) is 0 Å². The van der Waals surface area contributed by atoms with E-state index in [4.69, 9.17) is 20.8 Å². The Labute approximate surface area is 190 Å².